The number of hydrogen-bond acceptors (Lipinski definition) is 5. The Morgan fingerprint density at radius 2 is 2.12 bits per heavy atom. The Morgan fingerprint density at radius 3 is 2.77 bits per heavy atom. The molecule has 8 nitrogen and oxygen atoms in total. The predicted molar refractivity (Wildman–Crippen MR) is 82.0 cm³/mol. The van der Waals surface area contributed by atoms with Crippen molar-refractivity contribution >= 4 is 5.91 Å². The number of tetrazole rings is 1. The molecule has 1 amide bonds. The van der Waals surface area contributed by atoms with E-state index in [1.54, 1.807) is 4.90 Å². The van der Waals surface area contributed by atoms with E-state index in [1.807, 2.05) is 0 Å². The molecular formula is C15H18F3N7O. The number of nitrogens with zero attached hydrogens (tertiary/aromatic N) is 6. The number of rotatable bonds is 4. The molecule has 1 atom stereocenters. The van der Waals surface area contributed by atoms with Gasteiger partial charge in [0.15, 0.2) is 11.5 Å². The highest BCUT2D eigenvalue weighted by Gasteiger charge is 2.39. The Hall–Kier alpha value is -2.46. The molecule has 2 aliphatic rings. The average molecular weight is 369 g/mol. The van der Waals surface area contributed by atoms with Gasteiger partial charge in [-0.1, -0.05) is 5.21 Å². The van der Waals surface area contributed by atoms with Gasteiger partial charge >= 0.3 is 6.18 Å². The summed E-state index contributed by atoms with van der Waals surface area (Å²) in [6.07, 6.45) is -0.778. The number of amides is 1. The zero-order chi connectivity index (χ0) is 18.3. The molecule has 4 rings (SSSR count). The molecule has 1 aliphatic heterocycles. The minimum atomic E-state index is -4.56. The van der Waals surface area contributed by atoms with Crippen molar-refractivity contribution in [3.8, 4) is 0 Å². The Balaban J connectivity index is 1.52. The SMILES string of the molecule is O=C(c1cc(C(F)(F)F)nn1C1CC1)N1CCCC(Cc2nn[nH]n2)C1. The van der Waals surface area contributed by atoms with Crippen molar-refractivity contribution in [2.75, 3.05) is 13.1 Å². The summed E-state index contributed by atoms with van der Waals surface area (Å²) in [7, 11) is 0. The lowest BCUT2D eigenvalue weighted by Crippen LogP contribution is -2.41. The number of halogens is 3. The molecule has 140 valence electrons. The van der Waals surface area contributed by atoms with E-state index in [0.717, 1.165) is 31.7 Å². The van der Waals surface area contributed by atoms with E-state index in [4.69, 9.17) is 0 Å². The molecule has 11 heteroatoms. The molecule has 0 radical (unpaired) electrons. The smallest absolute Gasteiger partial charge is 0.337 e. The van der Waals surface area contributed by atoms with E-state index in [-0.39, 0.29) is 17.7 Å². The van der Waals surface area contributed by atoms with Crippen molar-refractivity contribution < 1.29 is 18.0 Å². The largest absolute Gasteiger partial charge is 0.435 e. The summed E-state index contributed by atoms with van der Waals surface area (Å²) in [5.74, 6) is 0.342. The van der Waals surface area contributed by atoms with Crippen LogP contribution in [0.2, 0.25) is 0 Å². The van der Waals surface area contributed by atoms with Crippen molar-refractivity contribution in [2.45, 2.75) is 44.3 Å². The van der Waals surface area contributed by atoms with Crippen LogP contribution in [0.3, 0.4) is 0 Å². The molecule has 1 saturated heterocycles. The van der Waals surface area contributed by atoms with Crippen LogP contribution in [0.4, 0.5) is 13.2 Å². The first-order chi connectivity index (χ1) is 12.4. The summed E-state index contributed by atoms with van der Waals surface area (Å²) in [4.78, 5) is 14.5. The molecule has 2 aromatic rings. The Morgan fingerprint density at radius 1 is 1.31 bits per heavy atom. The van der Waals surface area contributed by atoms with Gasteiger partial charge in [-0.15, -0.1) is 10.2 Å². The van der Waals surface area contributed by atoms with E-state index in [2.05, 4.69) is 25.7 Å². The highest BCUT2D eigenvalue weighted by atomic mass is 19.4. The van der Waals surface area contributed by atoms with Crippen LogP contribution in [-0.4, -0.2) is 54.3 Å². The highest BCUT2D eigenvalue weighted by molar-refractivity contribution is 5.93. The first-order valence-corrected chi connectivity index (χ1v) is 8.60. The molecule has 0 bridgehead atoms. The predicted octanol–water partition coefficient (Wildman–Crippen LogP) is 1.84. The molecule has 1 N–H and O–H groups in total. The molecular weight excluding hydrogens is 351 g/mol. The van der Waals surface area contributed by atoms with E-state index < -0.39 is 17.8 Å². The number of H-pyrrole nitrogens is 1. The number of piperidine rings is 1. The van der Waals surface area contributed by atoms with Crippen LogP contribution in [0, 0.1) is 5.92 Å². The molecule has 26 heavy (non-hydrogen) atoms. The van der Waals surface area contributed by atoms with Gasteiger partial charge in [-0.3, -0.25) is 9.48 Å². The number of aromatic amines is 1. The number of carbonyl (C=O) groups excluding carboxylic acids is 1. The first-order valence-electron chi connectivity index (χ1n) is 8.60. The van der Waals surface area contributed by atoms with Crippen LogP contribution in [-0.2, 0) is 12.6 Å². The number of alkyl halides is 3. The number of carbonyl (C=O) groups is 1. The van der Waals surface area contributed by atoms with Gasteiger partial charge in [-0.2, -0.15) is 23.5 Å². The van der Waals surface area contributed by atoms with E-state index in [1.165, 1.54) is 4.68 Å². The topological polar surface area (TPSA) is 92.6 Å². The molecule has 2 fully saturated rings. The van der Waals surface area contributed by atoms with Crippen LogP contribution in [0.5, 0.6) is 0 Å². The lowest BCUT2D eigenvalue weighted by atomic mass is 9.94. The van der Waals surface area contributed by atoms with Gasteiger partial charge in [-0.25, -0.2) is 0 Å². The highest BCUT2D eigenvalue weighted by Crippen LogP contribution is 2.38. The first kappa shape index (κ1) is 17.0. The quantitative estimate of drug-likeness (QED) is 0.888. The van der Waals surface area contributed by atoms with Crippen LogP contribution < -0.4 is 0 Å². The minimum Gasteiger partial charge on any atom is -0.337 e. The van der Waals surface area contributed by atoms with Gasteiger partial charge in [0.1, 0.15) is 5.69 Å². The minimum absolute atomic E-state index is 0.0278. The number of hydrogen-bond donors (Lipinski definition) is 1. The van der Waals surface area contributed by atoms with Gasteiger partial charge in [0.25, 0.3) is 5.91 Å². The lowest BCUT2D eigenvalue weighted by Gasteiger charge is -2.32. The Kier molecular flexibility index (Phi) is 4.16. The second kappa shape index (κ2) is 6.36. The zero-order valence-electron chi connectivity index (χ0n) is 13.9. The van der Waals surface area contributed by atoms with E-state index in [9.17, 15) is 18.0 Å². The Labute approximate surface area is 146 Å². The van der Waals surface area contributed by atoms with Gasteiger partial charge in [0.2, 0.25) is 0 Å². The molecule has 1 saturated carbocycles. The fourth-order valence-corrected chi connectivity index (χ4v) is 3.40. The van der Waals surface area contributed by atoms with Crippen molar-refractivity contribution in [1.29, 1.82) is 0 Å². The van der Waals surface area contributed by atoms with Crippen LogP contribution in [0.1, 0.15) is 53.7 Å². The van der Waals surface area contributed by atoms with Gasteiger partial charge in [0.05, 0.1) is 6.04 Å². The normalized spacial score (nSPS) is 21.2. The van der Waals surface area contributed by atoms with Crippen LogP contribution in [0.15, 0.2) is 6.07 Å². The summed E-state index contributed by atoms with van der Waals surface area (Å²) >= 11 is 0. The van der Waals surface area contributed by atoms with Gasteiger partial charge in [-0.05, 0) is 31.6 Å². The fraction of sp³-hybridized carbons (Fsp3) is 0.667. The third-order valence-electron chi connectivity index (χ3n) is 4.80. The van der Waals surface area contributed by atoms with E-state index >= 15 is 0 Å². The monoisotopic (exact) mass is 369 g/mol. The second-order valence-electron chi connectivity index (χ2n) is 6.88. The summed E-state index contributed by atoms with van der Waals surface area (Å²) in [5, 5.41) is 17.4. The van der Waals surface area contributed by atoms with E-state index in [0.29, 0.717) is 25.3 Å². The molecule has 0 aromatic carbocycles. The molecule has 1 unspecified atom stereocenters. The maximum Gasteiger partial charge on any atom is 0.435 e. The summed E-state index contributed by atoms with van der Waals surface area (Å²) < 4.78 is 40.3. The number of likely N-dealkylation sites (tertiary alicyclic amines) is 1. The van der Waals surface area contributed by atoms with Crippen molar-refractivity contribution in [3.63, 3.8) is 0 Å². The van der Waals surface area contributed by atoms with Crippen molar-refractivity contribution in [1.82, 2.24) is 35.3 Å². The van der Waals surface area contributed by atoms with Gasteiger partial charge in [0, 0.05) is 25.6 Å². The molecule has 3 heterocycles. The third-order valence-corrected chi connectivity index (χ3v) is 4.80. The molecule has 1 aliphatic carbocycles. The maximum atomic E-state index is 13.0. The number of nitrogens with one attached hydrogen (secondary N) is 1. The standard InChI is InChI=1S/C15H18F3N7O/c16-15(17,18)12-7-11(25(21-12)10-3-4-10)14(26)24-5-1-2-9(8-24)6-13-19-22-23-20-13/h7,9-10H,1-6,8H2,(H,19,20,22,23). The zero-order valence-corrected chi connectivity index (χ0v) is 13.9. The second-order valence-corrected chi connectivity index (χ2v) is 6.88. The molecule has 2 aromatic heterocycles. The third kappa shape index (κ3) is 3.42. The number of aromatic nitrogens is 6. The lowest BCUT2D eigenvalue weighted by molar-refractivity contribution is -0.141. The fourth-order valence-electron chi connectivity index (χ4n) is 3.40. The van der Waals surface area contributed by atoms with Crippen LogP contribution >= 0.6 is 0 Å². The summed E-state index contributed by atoms with van der Waals surface area (Å²) in [6, 6.07) is 0.772. The summed E-state index contributed by atoms with van der Waals surface area (Å²) in [5.41, 5.74) is -0.979. The van der Waals surface area contributed by atoms with Crippen molar-refractivity contribution in [3.05, 3.63) is 23.3 Å². The van der Waals surface area contributed by atoms with Crippen molar-refractivity contribution in [2.24, 2.45) is 5.92 Å². The van der Waals surface area contributed by atoms with Crippen LogP contribution in [0.25, 0.3) is 0 Å². The maximum absolute atomic E-state index is 13.0. The summed E-state index contributed by atoms with van der Waals surface area (Å²) in [6.45, 7) is 0.989. The molecule has 0 spiro atoms. The average Bonchev–Trinajstić information content (AvgIpc) is 3.13. The Bertz CT molecular complexity index is 782. The van der Waals surface area contributed by atoms with Gasteiger partial charge < -0.3 is 4.90 Å².